The Hall–Kier alpha value is -2.66. The van der Waals surface area contributed by atoms with Crippen molar-refractivity contribution in [1.82, 2.24) is 10.2 Å². The fourth-order valence-corrected chi connectivity index (χ4v) is 3.56. The molecule has 0 spiro atoms. The Bertz CT molecular complexity index is 951. The third kappa shape index (κ3) is 3.74. The molecule has 0 aliphatic carbocycles. The van der Waals surface area contributed by atoms with Crippen LogP contribution in [0.5, 0.6) is 5.75 Å². The number of rotatable bonds is 5. The molecule has 0 amide bonds. The Labute approximate surface area is 159 Å². The first-order valence-corrected chi connectivity index (χ1v) is 9.44. The summed E-state index contributed by atoms with van der Waals surface area (Å²) in [6.07, 6.45) is 2.84. The standard InChI is InChI=1S/C22H25N3O2/c1-14-5-4-6-20(15(14)2)16(3)24-22-21-11-18(27-19-9-10-26-13-19)8-7-17(21)12-23-25-22/h4-8,11-12,16,19H,9-10,13H2,1-3H3,(H,24,25)/t16-,19+/m1/s1. The maximum absolute atomic E-state index is 6.06. The van der Waals surface area contributed by atoms with Gasteiger partial charge in [-0.15, -0.1) is 5.10 Å². The summed E-state index contributed by atoms with van der Waals surface area (Å²) < 4.78 is 11.5. The van der Waals surface area contributed by atoms with E-state index < -0.39 is 0 Å². The van der Waals surface area contributed by atoms with Crippen molar-refractivity contribution >= 4 is 16.6 Å². The van der Waals surface area contributed by atoms with Crippen molar-refractivity contribution in [2.75, 3.05) is 18.5 Å². The van der Waals surface area contributed by atoms with Gasteiger partial charge >= 0.3 is 0 Å². The van der Waals surface area contributed by atoms with Crippen LogP contribution in [0.1, 0.15) is 36.1 Å². The highest BCUT2D eigenvalue weighted by Gasteiger charge is 2.18. The summed E-state index contributed by atoms with van der Waals surface area (Å²) in [6.45, 7) is 7.87. The van der Waals surface area contributed by atoms with Gasteiger partial charge < -0.3 is 14.8 Å². The topological polar surface area (TPSA) is 56.3 Å². The lowest BCUT2D eigenvalue weighted by atomic mass is 9.98. The summed E-state index contributed by atoms with van der Waals surface area (Å²) >= 11 is 0. The number of hydrogen-bond donors (Lipinski definition) is 1. The Kier molecular flexibility index (Phi) is 4.94. The molecule has 0 bridgehead atoms. The third-order valence-corrected chi connectivity index (χ3v) is 5.29. The number of fused-ring (bicyclic) bond motifs is 1. The molecule has 3 aromatic rings. The van der Waals surface area contributed by atoms with E-state index in [4.69, 9.17) is 9.47 Å². The lowest BCUT2D eigenvalue weighted by Crippen LogP contribution is -2.15. The van der Waals surface area contributed by atoms with E-state index in [0.29, 0.717) is 6.61 Å². The van der Waals surface area contributed by atoms with Crippen molar-refractivity contribution in [3.8, 4) is 5.75 Å². The molecule has 2 aromatic carbocycles. The first-order valence-electron chi connectivity index (χ1n) is 9.44. The zero-order chi connectivity index (χ0) is 18.8. The minimum absolute atomic E-state index is 0.123. The van der Waals surface area contributed by atoms with Crippen molar-refractivity contribution in [3.05, 3.63) is 59.3 Å². The molecule has 1 saturated heterocycles. The van der Waals surface area contributed by atoms with Crippen LogP contribution in [0.2, 0.25) is 0 Å². The lowest BCUT2D eigenvalue weighted by Gasteiger charge is -2.19. The highest BCUT2D eigenvalue weighted by Crippen LogP contribution is 2.30. The number of aromatic nitrogens is 2. The Morgan fingerprint density at radius 2 is 2.11 bits per heavy atom. The van der Waals surface area contributed by atoms with Crippen LogP contribution in [0.25, 0.3) is 10.8 Å². The highest BCUT2D eigenvalue weighted by atomic mass is 16.5. The van der Waals surface area contributed by atoms with E-state index in [2.05, 4.69) is 54.5 Å². The maximum Gasteiger partial charge on any atom is 0.157 e. The fourth-order valence-electron chi connectivity index (χ4n) is 3.56. The molecule has 1 N–H and O–H groups in total. The molecule has 0 radical (unpaired) electrons. The van der Waals surface area contributed by atoms with E-state index in [1.54, 1.807) is 6.20 Å². The third-order valence-electron chi connectivity index (χ3n) is 5.29. The summed E-state index contributed by atoms with van der Waals surface area (Å²) in [5, 5.41) is 14.1. The van der Waals surface area contributed by atoms with Gasteiger partial charge in [0.2, 0.25) is 0 Å². The van der Waals surface area contributed by atoms with Gasteiger partial charge in [-0.2, -0.15) is 5.10 Å². The van der Waals surface area contributed by atoms with Gasteiger partial charge in [-0.1, -0.05) is 18.2 Å². The van der Waals surface area contributed by atoms with E-state index in [1.165, 1.54) is 16.7 Å². The van der Waals surface area contributed by atoms with Crippen molar-refractivity contribution in [1.29, 1.82) is 0 Å². The summed E-state index contributed by atoms with van der Waals surface area (Å²) in [5.74, 6) is 1.61. The van der Waals surface area contributed by atoms with E-state index >= 15 is 0 Å². The molecule has 140 valence electrons. The molecule has 5 nitrogen and oxygen atoms in total. The average molecular weight is 363 g/mol. The molecule has 2 atom stereocenters. The monoisotopic (exact) mass is 363 g/mol. The van der Waals surface area contributed by atoms with Gasteiger partial charge in [0.05, 0.1) is 25.5 Å². The lowest BCUT2D eigenvalue weighted by molar-refractivity contribution is 0.141. The van der Waals surface area contributed by atoms with Crippen LogP contribution in [-0.2, 0) is 4.74 Å². The zero-order valence-electron chi connectivity index (χ0n) is 16.0. The van der Waals surface area contributed by atoms with Crippen LogP contribution < -0.4 is 10.1 Å². The number of nitrogens with one attached hydrogen (secondary N) is 1. The second-order valence-corrected chi connectivity index (χ2v) is 7.20. The fraction of sp³-hybridized carbons (Fsp3) is 0.364. The Morgan fingerprint density at radius 1 is 1.22 bits per heavy atom. The molecule has 1 aromatic heterocycles. The summed E-state index contributed by atoms with van der Waals surface area (Å²) in [6, 6.07) is 12.6. The van der Waals surface area contributed by atoms with E-state index in [9.17, 15) is 0 Å². The minimum atomic E-state index is 0.123. The molecule has 1 fully saturated rings. The molecule has 4 rings (SSSR count). The van der Waals surface area contributed by atoms with Crippen LogP contribution in [0.3, 0.4) is 0 Å². The Balaban J connectivity index is 1.63. The zero-order valence-corrected chi connectivity index (χ0v) is 16.0. The molecular weight excluding hydrogens is 338 g/mol. The van der Waals surface area contributed by atoms with Crippen LogP contribution >= 0.6 is 0 Å². The SMILES string of the molecule is Cc1cccc([C@@H](C)Nc2nncc3ccc(O[C@H]4CCOC4)cc23)c1C. The molecule has 27 heavy (non-hydrogen) atoms. The predicted octanol–water partition coefficient (Wildman–Crippen LogP) is 4.59. The van der Waals surface area contributed by atoms with Crippen molar-refractivity contribution in [3.63, 3.8) is 0 Å². The van der Waals surface area contributed by atoms with Crippen molar-refractivity contribution in [2.45, 2.75) is 39.3 Å². The number of nitrogens with zero attached hydrogens (tertiary/aromatic N) is 2. The van der Waals surface area contributed by atoms with Gasteiger partial charge in [-0.05, 0) is 55.7 Å². The molecule has 2 heterocycles. The number of ether oxygens (including phenoxy) is 2. The first kappa shape index (κ1) is 17.7. The van der Waals surface area contributed by atoms with Crippen LogP contribution in [0.15, 0.2) is 42.6 Å². The van der Waals surface area contributed by atoms with Gasteiger partial charge in [0.25, 0.3) is 0 Å². The van der Waals surface area contributed by atoms with Gasteiger partial charge in [0.1, 0.15) is 11.9 Å². The number of hydrogen-bond acceptors (Lipinski definition) is 5. The Morgan fingerprint density at radius 3 is 2.93 bits per heavy atom. The van der Waals surface area contributed by atoms with Gasteiger partial charge in [-0.25, -0.2) is 0 Å². The number of anilines is 1. The minimum Gasteiger partial charge on any atom is -0.488 e. The largest absolute Gasteiger partial charge is 0.488 e. The maximum atomic E-state index is 6.06. The quantitative estimate of drug-likeness (QED) is 0.719. The molecule has 1 aliphatic heterocycles. The van der Waals surface area contributed by atoms with Crippen LogP contribution in [-0.4, -0.2) is 29.5 Å². The summed E-state index contributed by atoms with van der Waals surface area (Å²) in [5.41, 5.74) is 3.86. The smallest absolute Gasteiger partial charge is 0.157 e. The molecule has 1 aliphatic rings. The first-order chi connectivity index (χ1) is 13.1. The van der Waals surface area contributed by atoms with Crippen LogP contribution in [0, 0.1) is 13.8 Å². The van der Waals surface area contributed by atoms with Crippen molar-refractivity contribution < 1.29 is 9.47 Å². The molecule has 5 heteroatoms. The molecule has 0 saturated carbocycles. The van der Waals surface area contributed by atoms with Crippen molar-refractivity contribution in [2.24, 2.45) is 0 Å². The second-order valence-electron chi connectivity index (χ2n) is 7.20. The molecule has 0 unspecified atom stereocenters. The number of benzene rings is 2. The van der Waals surface area contributed by atoms with Gasteiger partial charge in [-0.3, -0.25) is 0 Å². The van der Waals surface area contributed by atoms with Gasteiger partial charge in [0.15, 0.2) is 5.82 Å². The second kappa shape index (κ2) is 7.53. The summed E-state index contributed by atoms with van der Waals surface area (Å²) in [7, 11) is 0. The highest BCUT2D eigenvalue weighted by molar-refractivity contribution is 5.92. The average Bonchev–Trinajstić information content (AvgIpc) is 3.17. The van der Waals surface area contributed by atoms with Gasteiger partial charge in [0, 0.05) is 17.2 Å². The molecular formula is C22H25N3O2. The van der Waals surface area contributed by atoms with E-state index in [-0.39, 0.29) is 12.1 Å². The predicted molar refractivity (Wildman–Crippen MR) is 107 cm³/mol. The number of aryl methyl sites for hydroxylation is 1. The normalized spacial score (nSPS) is 17.8. The van der Waals surface area contributed by atoms with E-state index in [0.717, 1.165) is 35.4 Å². The van der Waals surface area contributed by atoms with Crippen LogP contribution in [0.4, 0.5) is 5.82 Å². The summed E-state index contributed by atoms with van der Waals surface area (Å²) in [4.78, 5) is 0. The van der Waals surface area contributed by atoms with E-state index in [1.807, 2.05) is 18.2 Å².